The monoisotopic (exact) mass is 465 g/mol. The van der Waals surface area contributed by atoms with Crippen molar-refractivity contribution in [3.8, 4) is 0 Å². The Kier molecular flexibility index (Phi) is 4.80. The van der Waals surface area contributed by atoms with Crippen LogP contribution in [0.3, 0.4) is 0 Å². The van der Waals surface area contributed by atoms with E-state index in [2.05, 4.69) is 52.3 Å². The van der Waals surface area contributed by atoms with E-state index in [0.717, 1.165) is 10.9 Å². The number of carbonyl (C=O) groups excluding carboxylic acids is 1. The molecule has 1 aromatic heterocycles. The van der Waals surface area contributed by atoms with Gasteiger partial charge in [-0.25, -0.2) is 4.39 Å². The van der Waals surface area contributed by atoms with Gasteiger partial charge in [-0.2, -0.15) is 0 Å². The van der Waals surface area contributed by atoms with Crippen LogP contribution >= 0.6 is 27.5 Å². The molecule has 2 unspecified atom stereocenters. The number of anilines is 1. The van der Waals surface area contributed by atoms with Gasteiger partial charge in [-0.1, -0.05) is 44.5 Å². The van der Waals surface area contributed by atoms with E-state index >= 15 is 4.39 Å². The maximum Gasteiger partial charge on any atom is 0.239 e. The van der Waals surface area contributed by atoms with Crippen molar-refractivity contribution in [1.82, 2.24) is 10.3 Å². The van der Waals surface area contributed by atoms with Crippen molar-refractivity contribution in [3.05, 3.63) is 57.0 Å². The summed E-state index contributed by atoms with van der Waals surface area (Å²) in [6.07, 6.45) is 2.44. The molecule has 1 aromatic carbocycles. The van der Waals surface area contributed by atoms with Crippen molar-refractivity contribution >= 4 is 39.1 Å². The predicted molar refractivity (Wildman–Crippen MR) is 112 cm³/mol. The number of hydrogen-bond acceptors (Lipinski definition) is 3. The number of halogens is 3. The minimum Gasteiger partial charge on any atom is -0.324 e. The van der Waals surface area contributed by atoms with E-state index in [-0.39, 0.29) is 22.4 Å². The fourth-order valence-electron chi connectivity index (χ4n) is 4.66. The highest BCUT2D eigenvalue weighted by molar-refractivity contribution is 9.10. The van der Waals surface area contributed by atoms with Gasteiger partial charge >= 0.3 is 0 Å². The molecular formula is C21H22BrClFN3O. The Morgan fingerprint density at radius 3 is 2.86 bits per heavy atom. The zero-order chi connectivity index (χ0) is 20.3. The van der Waals surface area contributed by atoms with Crippen LogP contribution in [-0.4, -0.2) is 23.5 Å². The number of fused-ring (bicyclic) bond motifs is 2. The Morgan fingerprint density at radius 2 is 2.14 bits per heavy atom. The van der Waals surface area contributed by atoms with E-state index in [1.807, 2.05) is 6.07 Å². The Morgan fingerprint density at radius 1 is 1.39 bits per heavy atom. The molecule has 7 heteroatoms. The van der Waals surface area contributed by atoms with E-state index < -0.39 is 17.2 Å². The lowest BCUT2D eigenvalue weighted by molar-refractivity contribution is -0.122. The van der Waals surface area contributed by atoms with Crippen molar-refractivity contribution in [2.75, 3.05) is 11.9 Å². The van der Waals surface area contributed by atoms with Crippen LogP contribution in [-0.2, 0) is 10.2 Å². The largest absolute Gasteiger partial charge is 0.324 e. The second kappa shape index (κ2) is 6.78. The smallest absolute Gasteiger partial charge is 0.239 e. The van der Waals surface area contributed by atoms with Gasteiger partial charge in [-0.15, -0.1) is 0 Å². The normalized spacial score (nSPS) is 26.6. The minimum absolute atomic E-state index is 0.0230. The number of pyridine rings is 1. The highest BCUT2D eigenvalue weighted by Gasteiger charge is 2.62. The van der Waals surface area contributed by atoms with Gasteiger partial charge in [0.15, 0.2) is 0 Å². The molecule has 4 rings (SSSR count). The quantitative estimate of drug-likeness (QED) is 0.653. The highest BCUT2D eigenvalue weighted by Crippen LogP contribution is 2.54. The van der Waals surface area contributed by atoms with Crippen LogP contribution < -0.4 is 10.6 Å². The average Bonchev–Trinajstić information content (AvgIpc) is 3.09. The molecule has 2 N–H and O–H groups in total. The molecule has 2 aromatic rings. The molecule has 28 heavy (non-hydrogen) atoms. The number of carbonyl (C=O) groups is 1. The molecule has 1 fully saturated rings. The van der Waals surface area contributed by atoms with E-state index in [0.29, 0.717) is 23.5 Å². The summed E-state index contributed by atoms with van der Waals surface area (Å²) in [4.78, 5) is 18.1. The summed E-state index contributed by atoms with van der Waals surface area (Å²) in [6.45, 7) is 6.89. The van der Waals surface area contributed by atoms with E-state index in [4.69, 9.17) is 11.6 Å². The lowest BCUT2D eigenvalue weighted by Gasteiger charge is -2.36. The Balaban J connectivity index is 1.94. The highest BCUT2D eigenvalue weighted by atomic mass is 79.9. The first-order valence-corrected chi connectivity index (χ1v) is 10.5. The summed E-state index contributed by atoms with van der Waals surface area (Å²) in [5.74, 6) is -1.02. The number of amides is 1. The fourth-order valence-corrected chi connectivity index (χ4v) is 5.17. The summed E-state index contributed by atoms with van der Waals surface area (Å²) in [5, 5.41) is 6.56. The molecule has 0 bridgehead atoms. The molecule has 0 radical (unpaired) electrons. The summed E-state index contributed by atoms with van der Waals surface area (Å²) in [5.41, 5.74) is 0.780. The van der Waals surface area contributed by atoms with E-state index in [1.165, 1.54) is 6.07 Å². The van der Waals surface area contributed by atoms with Gasteiger partial charge in [0.1, 0.15) is 11.2 Å². The molecule has 1 saturated heterocycles. The Hall–Kier alpha value is -1.50. The van der Waals surface area contributed by atoms with Crippen LogP contribution in [0, 0.1) is 11.2 Å². The standard InChI is InChI=1S/C21H22BrClFN3O/c1-20(2,3)8-16-21(18-15(27-19(21)28)7-11(22)9-26-18)13(10-25-16)12-5-4-6-14(23)17(12)24/h4-7,9,13,16,25H,8,10H2,1-3H3,(H,27,28)/t13?,16?,21-/m0/s1. The molecule has 3 heterocycles. The van der Waals surface area contributed by atoms with Gasteiger partial charge in [-0.05, 0) is 45.5 Å². The number of rotatable bonds is 2. The van der Waals surface area contributed by atoms with Crippen molar-refractivity contribution in [1.29, 1.82) is 0 Å². The van der Waals surface area contributed by atoms with Gasteiger partial charge in [0.2, 0.25) is 5.91 Å². The lowest BCUT2D eigenvalue weighted by Crippen LogP contribution is -2.50. The summed E-state index contributed by atoms with van der Waals surface area (Å²) < 4.78 is 15.8. The molecular weight excluding hydrogens is 445 g/mol. The van der Waals surface area contributed by atoms with Gasteiger partial charge in [-0.3, -0.25) is 9.78 Å². The third kappa shape index (κ3) is 2.97. The maximum absolute atomic E-state index is 15.0. The Labute approximate surface area is 177 Å². The molecule has 0 aliphatic carbocycles. The van der Waals surface area contributed by atoms with E-state index in [1.54, 1.807) is 18.3 Å². The number of nitrogens with one attached hydrogen (secondary N) is 2. The van der Waals surface area contributed by atoms with Crippen LogP contribution in [0.5, 0.6) is 0 Å². The minimum atomic E-state index is -0.991. The zero-order valence-electron chi connectivity index (χ0n) is 15.9. The second-order valence-electron chi connectivity index (χ2n) is 8.79. The number of nitrogens with zero attached hydrogens (tertiary/aromatic N) is 1. The van der Waals surface area contributed by atoms with Crippen molar-refractivity contribution < 1.29 is 9.18 Å². The van der Waals surface area contributed by atoms with Crippen molar-refractivity contribution in [2.24, 2.45) is 5.41 Å². The van der Waals surface area contributed by atoms with Gasteiger partial charge in [0, 0.05) is 29.2 Å². The van der Waals surface area contributed by atoms with Crippen molar-refractivity contribution in [2.45, 2.75) is 44.6 Å². The average molecular weight is 467 g/mol. The SMILES string of the molecule is CC(C)(C)CC1NCC(c2cccc(Cl)c2F)[C@]12C(=O)Nc1cc(Br)cnc12. The summed E-state index contributed by atoms with van der Waals surface area (Å²) in [7, 11) is 0. The third-order valence-corrected chi connectivity index (χ3v) is 6.44. The molecule has 4 nitrogen and oxygen atoms in total. The molecule has 2 aliphatic heterocycles. The van der Waals surface area contributed by atoms with Crippen LogP contribution in [0.15, 0.2) is 34.9 Å². The Bertz CT molecular complexity index is 961. The van der Waals surface area contributed by atoms with Crippen LogP contribution in [0.4, 0.5) is 10.1 Å². The van der Waals surface area contributed by atoms with Gasteiger partial charge < -0.3 is 10.6 Å². The summed E-state index contributed by atoms with van der Waals surface area (Å²) >= 11 is 9.49. The first-order chi connectivity index (χ1) is 13.1. The molecule has 2 aliphatic rings. The van der Waals surface area contributed by atoms with Crippen molar-refractivity contribution in [3.63, 3.8) is 0 Å². The van der Waals surface area contributed by atoms with Crippen LogP contribution in [0.25, 0.3) is 0 Å². The molecule has 148 valence electrons. The predicted octanol–water partition coefficient (Wildman–Crippen LogP) is 5.02. The maximum atomic E-state index is 15.0. The number of hydrogen-bond donors (Lipinski definition) is 2. The number of benzene rings is 1. The topological polar surface area (TPSA) is 54.0 Å². The van der Waals surface area contributed by atoms with E-state index in [9.17, 15) is 4.79 Å². The van der Waals surface area contributed by atoms with Gasteiger partial charge in [0.05, 0.1) is 16.4 Å². The zero-order valence-corrected chi connectivity index (χ0v) is 18.3. The first kappa shape index (κ1) is 19.8. The molecule has 0 saturated carbocycles. The lowest BCUT2D eigenvalue weighted by atomic mass is 9.65. The second-order valence-corrected chi connectivity index (χ2v) is 10.1. The van der Waals surface area contributed by atoms with Crippen LogP contribution in [0.1, 0.15) is 44.4 Å². The third-order valence-electron chi connectivity index (χ3n) is 5.71. The molecule has 1 amide bonds. The molecule has 3 atom stereocenters. The van der Waals surface area contributed by atoms with Gasteiger partial charge in [0.25, 0.3) is 0 Å². The fraction of sp³-hybridized carbons (Fsp3) is 0.429. The summed E-state index contributed by atoms with van der Waals surface area (Å²) in [6, 6.07) is 6.66. The molecule has 1 spiro atoms. The van der Waals surface area contributed by atoms with Crippen LogP contribution in [0.2, 0.25) is 5.02 Å². The number of aromatic nitrogens is 1. The first-order valence-electron chi connectivity index (χ1n) is 9.29.